The number of nitrogens with two attached hydrogens (primary N) is 1. The molecule has 1 fully saturated rings. The standard InChI is InChI=1S/C17H19ClN6/c18-17-22-15(20-9-11-5-1-4-8-13(11)19)14-16(23-17)24(10-21-14)12-6-2-3-7-12/h1,4-5,8,10,12H,2-3,6-7,9,19H2,(H,20,22,23). The number of fused-ring (bicyclic) bond motifs is 1. The third-order valence-electron chi connectivity index (χ3n) is 4.61. The number of halogens is 1. The Morgan fingerprint density at radius 1 is 1.21 bits per heavy atom. The van der Waals surface area contributed by atoms with Gasteiger partial charge in [-0.3, -0.25) is 0 Å². The molecule has 7 heteroatoms. The van der Waals surface area contributed by atoms with E-state index in [0.29, 0.717) is 18.4 Å². The van der Waals surface area contributed by atoms with E-state index >= 15 is 0 Å². The molecule has 0 bridgehead atoms. The Morgan fingerprint density at radius 3 is 2.79 bits per heavy atom. The molecule has 1 aliphatic rings. The molecule has 24 heavy (non-hydrogen) atoms. The maximum atomic E-state index is 6.14. The van der Waals surface area contributed by atoms with Gasteiger partial charge < -0.3 is 15.6 Å². The summed E-state index contributed by atoms with van der Waals surface area (Å²) in [6.07, 6.45) is 6.68. The van der Waals surface area contributed by atoms with E-state index in [0.717, 1.165) is 35.3 Å². The summed E-state index contributed by atoms with van der Waals surface area (Å²) in [5, 5.41) is 3.53. The summed E-state index contributed by atoms with van der Waals surface area (Å²) in [4.78, 5) is 13.2. The van der Waals surface area contributed by atoms with Crippen molar-refractivity contribution in [3.8, 4) is 0 Å². The number of para-hydroxylation sites is 1. The lowest BCUT2D eigenvalue weighted by Crippen LogP contribution is -2.07. The predicted molar refractivity (Wildman–Crippen MR) is 96.0 cm³/mol. The van der Waals surface area contributed by atoms with Crippen LogP contribution in [0.15, 0.2) is 30.6 Å². The molecular weight excluding hydrogens is 324 g/mol. The number of rotatable bonds is 4. The summed E-state index contributed by atoms with van der Waals surface area (Å²) in [5.41, 5.74) is 9.30. The lowest BCUT2D eigenvalue weighted by atomic mass is 10.2. The third-order valence-corrected chi connectivity index (χ3v) is 4.78. The summed E-state index contributed by atoms with van der Waals surface area (Å²) in [6, 6.07) is 8.21. The molecule has 0 amide bonds. The highest BCUT2D eigenvalue weighted by Crippen LogP contribution is 2.33. The Labute approximate surface area is 145 Å². The van der Waals surface area contributed by atoms with Crippen molar-refractivity contribution in [3.63, 3.8) is 0 Å². The SMILES string of the molecule is Nc1ccccc1CNc1nc(Cl)nc2c1ncn2C1CCCC1. The average Bonchev–Trinajstić information content (AvgIpc) is 3.22. The van der Waals surface area contributed by atoms with Crippen LogP contribution in [0.25, 0.3) is 11.2 Å². The zero-order chi connectivity index (χ0) is 16.5. The van der Waals surface area contributed by atoms with Gasteiger partial charge in [0.2, 0.25) is 5.28 Å². The first-order valence-corrected chi connectivity index (χ1v) is 8.57. The maximum absolute atomic E-state index is 6.14. The number of imidazole rings is 1. The number of aromatic nitrogens is 4. The molecule has 4 rings (SSSR count). The number of nitrogens with one attached hydrogen (secondary N) is 1. The smallest absolute Gasteiger partial charge is 0.226 e. The van der Waals surface area contributed by atoms with Crippen molar-refractivity contribution < 1.29 is 0 Å². The van der Waals surface area contributed by atoms with Gasteiger partial charge in [0.1, 0.15) is 0 Å². The molecule has 3 aromatic rings. The molecule has 1 aromatic carbocycles. The van der Waals surface area contributed by atoms with E-state index in [1.807, 2.05) is 30.6 Å². The van der Waals surface area contributed by atoms with E-state index in [-0.39, 0.29) is 5.28 Å². The third kappa shape index (κ3) is 2.78. The molecule has 2 aromatic heterocycles. The molecule has 0 radical (unpaired) electrons. The van der Waals surface area contributed by atoms with Crippen molar-refractivity contribution in [3.05, 3.63) is 41.4 Å². The van der Waals surface area contributed by atoms with Crippen LogP contribution in [0, 0.1) is 0 Å². The van der Waals surface area contributed by atoms with Crippen LogP contribution in [-0.2, 0) is 6.54 Å². The lowest BCUT2D eigenvalue weighted by Gasteiger charge is -2.12. The van der Waals surface area contributed by atoms with E-state index in [2.05, 4.69) is 24.8 Å². The first-order valence-electron chi connectivity index (χ1n) is 8.19. The monoisotopic (exact) mass is 342 g/mol. The van der Waals surface area contributed by atoms with Gasteiger partial charge in [-0.1, -0.05) is 31.0 Å². The molecule has 6 nitrogen and oxygen atoms in total. The molecule has 0 atom stereocenters. The van der Waals surface area contributed by atoms with Crippen molar-refractivity contribution in [2.45, 2.75) is 38.3 Å². The van der Waals surface area contributed by atoms with Crippen LogP contribution in [0.2, 0.25) is 5.28 Å². The molecule has 124 valence electrons. The van der Waals surface area contributed by atoms with Crippen molar-refractivity contribution in [2.24, 2.45) is 0 Å². The highest BCUT2D eigenvalue weighted by Gasteiger charge is 2.21. The molecule has 1 aliphatic carbocycles. The fraction of sp³-hybridized carbons (Fsp3) is 0.353. The van der Waals surface area contributed by atoms with E-state index in [9.17, 15) is 0 Å². The number of nitrogens with zero attached hydrogens (tertiary/aromatic N) is 4. The van der Waals surface area contributed by atoms with Gasteiger partial charge in [0.15, 0.2) is 17.0 Å². The van der Waals surface area contributed by atoms with Gasteiger partial charge in [0.05, 0.1) is 6.33 Å². The van der Waals surface area contributed by atoms with Gasteiger partial charge in [-0.05, 0) is 36.1 Å². The molecule has 2 heterocycles. The Balaban J connectivity index is 1.66. The summed E-state index contributed by atoms with van der Waals surface area (Å²) in [6.45, 7) is 0.561. The van der Waals surface area contributed by atoms with Crippen molar-refractivity contribution in [1.82, 2.24) is 19.5 Å². The first-order chi connectivity index (χ1) is 11.7. The number of nitrogen functional groups attached to an aromatic ring is 1. The lowest BCUT2D eigenvalue weighted by molar-refractivity contribution is 0.529. The fourth-order valence-electron chi connectivity index (χ4n) is 3.34. The Kier molecular flexibility index (Phi) is 3.98. The van der Waals surface area contributed by atoms with Crippen molar-refractivity contribution >= 4 is 34.3 Å². The largest absolute Gasteiger partial charge is 0.398 e. The van der Waals surface area contributed by atoms with E-state index in [4.69, 9.17) is 17.3 Å². The van der Waals surface area contributed by atoms with Gasteiger partial charge in [-0.2, -0.15) is 9.97 Å². The molecular formula is C17H19ClN6. The van der Waals surface area contributed by atoms with Gasteiger partial charge in [0.25, 0.3) is 0 Å². The van der Waals surface area contributed by atoms with Crippen LogP contribution < -0.4 is 11.1 Å². The van der Waals surface area contributed by atoms with E-state index in [1.165, 1.54) is 12.8 Å². The minimum atomic E-state index is 0.228. The zero-order valence-corrected chi connectivity index (χ0v) is 14.0. The molecule has 1 saturated carbocycles. The minimum absolute atomic E-state index is 0.228. The normalized spacial score (nSPS) is 15.2. The van der Waals surface area contributed by atoms with Gasteiger partial charge in [0, 0.05) is 18.3 Å². The summed E-state index contributed by atoms with van der Waals surface area (Å²) in [7, 11) is 0. The first kappa shape index (κ1) is 15.2. The minimum Gasteiger partial charge on any atom is -0.398 e. The molecule has 0 unspecified atom stereocenters. The second-order valence-corrected chi connectivity index (χ2v) is 6.49. The summed E-state index contributed by atoms with van der Waals surface area (Å²) >= 11 is 6.14. The Bertz CT molecular complexity index is 869. The van der Waals surface area contributed by atoms with Crippen LogP contribution in [0.5, 0.6) is 0 Å². The van der Waals surface area contributed by atoms with Crippen LogP contribution in [-0.4, -0.2) is 19.5 Å². The van der Waals surface area contributed by atoms with Crippen LogP contribution in [0.4, 0.5) is 11.5 Å². The molecule has 3 N–H and O–H groups in total. The quantitative estimate of drug-likeness (QED) is 0.557. The topological polar surface area (TPSA) is 81.7 Å². The van der Waals surface area contributed by atoms with Gasteiger partial charge >= 0.3 is 0 Å². The second kappa shape index (κ2) is 6.28. The zero-order valence-electron chi connectivity index (χ0n) is 13.2. The Morgan fingerprint density at radius 2 is 2.00 bits per heavy atom. The Hall–Kier alpha value is -2.34. The fourth-order valence-corrected chi connectivity index (χ4v) is 3.50. The second-order valence-electron chi connectivity index (χ2n) is 6.16. The number of hydrogen-bond acceptors (Lipinski definition) is 5. The summed E-state index contributed by atoms with van der Waals surface area (Å²) < 4.78 is 2.14. The van der Waals surface area contributed by atoms with E-state index in [1.54, 1.807) is 0 Å². The molecule has 0 spiro atoms. The predicted octanol–water partition coefficient (Wildman–Crippen LogP) is 3.79. The number of benzene rings is 1. The van der Waals surface area contributed by atoms with Crippen LogP contribution in [0.3, 0.4) is 0 Å². The van der Waals surface area contributed by atoms with Crippen molar-refractivity contribution in [2.75, 3.05) is 11.1 Å². The van der Waals surface area contributed by atoms with Crippen LogP contribution in [0.1, 0.15) is 37.3 Å². The summed E-state index contributed by atoms with van der Waals surface area (Å²) in [5.74, 6) is 0.644. The average molecular weight is 343 g/mol. The van der Waals surface area contributed by atoms with Crippen LogP contribution >= 0.6 is 11.6 Å². The maximum Gasteiger partial charge on any atom is 0.226 e. The highest BCUT2D eigenvalue weighted by molar-refractivity contribution is 6.28. The van der Waals surface area contributed by atoms with Gasteiger partial charge in [-0.25, -0.2) is 4.98 Å². The van der Waals surface area contributed by atoms with Crippen molar-refractivity contribution in [1.29, 1.82) is 0 Å². The van der Waals surface area contributed by atoms with Gasteiger partial charge in [-0.15, -0.1) is 0 Å². The number of hydrogen-bond donors (Lipinski definition) is 2. The molecule has 0 saturated heterocycles. The number of anilines is 2. The van der Waals surface area contributed by atoms with E-state index < -0.39 is 0 Å². The molecule has 0 aliphatic heterocycles. The highest BCUT2D eigenvalue weighted by atomic mass is 35.5.